The number of esters is 1. The van der Waals surface area contributed by atoms with Crippen molar-refractivity contribution in [2.24, 2.45) is 5.92 Å². The molecule has 0 spiro atoms. The predicted octanol–water partition coefficient (Wildman–Crippen LogP) is 2.35. The Hall–Kier alpha value is -1.31. The molecule has 0 saturated heterocycles. The van der Waals surface area contributed by atoms with Crippen LogP contribution in [0, 0.1) is 5.92 Å². The molecule has 74 valence electrons. The summed E-state index contributed by atoms with van der Waals surface area (Å²) in [4.78, 5) is 11.4. The van der Waals surface area contributed by atoms with E-state index in [0.717, 1.165) is 12.8 Å². The molecular formula is C12H14O2. The van der Waals surface area contributed by atoms with E-state index in [4.69, 9.17) is 4.74 Å². The smallest absolute Gasteiger partial charge is 0.309 e. The highest BCUT2D eigenvalue weighted by Crippen LogP contribution is 2.42. The molecule has 0 aliphatic heterocycles. The summed E-state index contributed by atoms with van der Waals surface area (Å²) in [5.41, 5.74) is 1.26. The average molecular weight is 190 g/mol. The summed E-state index contributed by atoms with van der Waals surface area (Å²) in [6.07, 6.45) is 2.07. The predicted molar refractivity (Wildman–Crippen MR) is 53.9 cm³/mol. The molecule has 1 aromatic rings. The van der Waals surface area contributed by atoms with Gasteiger partial charge in [0.15, 0.2) is 0 Å². The quantitative estimate of drug-likeness (QED) is 0.669. The number of hydrogen-bond acceptors (Lipinski definition) is 2. The summed E-state index contributed by atoms with van der Waals surface area (Å²) < 4.78 is 4.77. The van der Waals surface area contributed by atoms with Gasteiger partial charge in [-0.1, -0.05) is 30.3 Å². The molecule has 1 aliphatic carbocycles. The fraction of sp³-hybridized carbons (Fsp3) is 0.417. The molecular weight excluding hydrogens is 176 g/mol. The Morgan fingerprint density at radius 3 is 2.50 bits per heavy atom. The van der Waals surface area contributed by atoms with E-state index in [1.807, 2.05) is 18.2 Å². The maximum atomic E-state index is 11.4. The normalized spacial score (nSPS) is 25.2. The van der Waals surface area contributed by atoms with E-state index in [1.54, 1.807) is 0 Å². The topological polar surface area (TPSA) is 26.3 Å². The van der Waals surface area contributed by atoms with Crippen LogP contribution in [0.3, 0.4) is 0 Å². The maximum Gasteiger partial charge on any atom is 0.309 e. The Kier molecular flexibility index (Phi) is 2.53. The van der Waals surface area contributed by atoms with Gasteiger partial charge in [0.1, 0.15) is 0 Å². The first-order valence-corrected chi connectivity index (χ1v) is 4.95. The fourth-order valence-electron chi connectivity index (χ4n) is 2.03. The minimum Gasteiger partial charge on any atom is -0.469 e. The van der Waals surface area contributed by atoms with Gasteiger partial charge in [-0.05, 0) is 24.3 Å². The molecule has 1 saturated carbocycles. The number of hydrogen-bond donors (Lipinski definition) is 0. The van der Waals surface area contributed by atoms with Crippen LogP contribution in [0.5, 0.6) is 0 Å². The van der Waals surface area contributed by atoms with Gasteiger partial charge >= 0.3 is 5.97 Å². The molecule has 1 aromatic carbocycles. The summed E-state index contributed by atoms with van der Waals surface area (Å²) in [5.74, 6) is 0.399. The van der Waals surface area contributed by atoms with Crippen molar-refractivity contribution in [1.29, 1.82) is 0 Å². The van der Waals surface area contributed by atoms with Crippen LogP contribution >= 0.6 is 0 Å². The van der Waals surface area contributed by atoms with Crippen LogP contribution in [0.1, 0.15) is 24.3 Å². The number of benzene rings is 1. The van der Waals surface area contributed by atoms with Crippen LogP contribution < -0.4 is 0 Å². The van der Waals surface area contributed by atoms with Gasteiger partial charge < -0.3 is 4.74 Å². The SMILES string of the molecule is COC(=O)C1CCC1c1ccccc1. The average Bonchev–Trinajstić information content (AvgIpc) is 2.17. The van der Waals surface area contributed by atoms with Gasteiger partial charge in [0.2, 0.25) is 0 Å². The zero-order valence-corrected chi connectivity index (χ0v) is 8.27. The lowest BCUT2D eigenvalue weighted by Crippen LogP contribution is -2.31. The lowest BCUT2D eigenvalue weighted by atomic mass is 9.70. The van der Waals surface area contributed by atoms with Crippen molar-refractivity contribution in [3.63, 3.8) is 0 Å². The Labute approximate surface area is 83.9 Å². The van der Waals surface area contributed by atoms with Crippen LogP contribution in [0.25, 0.3) is 0 Å². The highest BCUT2D eigenvalue weighted by Gasteiger charge is 2.37. The first-order chi connectivity index (χ1) is 6.83. The lowest BCUT2D eigenvalue weighted by Gasteiger charge is -2.34. The fourth-order valence-corrected chi connectivity index (χ4v) is 2.03. The minimum atomic E-state index is -0.0647. The second kappa shape index (κ2) is 3.82. The zero-order chi connectivity index (χ0) is 9.97. The monoisotopic (exact) mass is 190 g/mol. The summed E-state index contributed by atoms with van der Waals surface area (Å²) in [7, 11) is 1.46. The van der Waals surface area contributed by atoms with Gasteiger partial charge in [0.25, 0.3) is 0 Å². The van der Waals surface area contributed by atoms with E-state index in [2.05, 4.69) is 12.1 Å². The largest absolute Gasteiger partial charge is 0.469 e. The van der Waals surface area contributed by atoms with Crippen molar-refractivity contribution in [2.45, 2.75) is 18.8 Å². The van der Waals surface area contributed by atoms with E-state index >= 15 is 0 Å². The molecule has 2 nitrogen and oxygen atoms in total. The number of rotatable bonds is 2. The molecule has 0 aromatic heterocycles. The second-order valence-electron chi connectivity index (χ2n) is 3.72. The van der Waals surface area contributed by atoms with E-state index in [9.17, 15) is 4.79 Å². The third kappa shape index (κ3) is 1.52. The van der Waals surface area contributed by atoms with Crippen LogP contribution in [0.15, 0.2) is 30.3 Å². The van der Waals surface area contributed by atoms with Gasteiger partial charge in [-0.2, -0.15) is 0 Å². The van der Waals surface area contributed by atoms with E-state index in [0.29, 0.717) is 5.92 Å². The Morgan fingerprint density at radius 1 is 1.29 bits per heavy atom. The summed E-state index contributed by atoms with van der Waals surface area (Å²) in [6, 6.07) is 10.2. The van der Waals surface area contributed by atoms with Crippen LogP contribution in [-0.2, 0) is 9.53 Å². The third-order valence-corrected chi connectivity index (χ3v) is 3.01. The van der Waals surface area contributed by atoms with Crippen molar-refractivity contribution >= 4 is 5.97 Å². The van der Waals surface area contributed by atoms with E-state index in [1.165, 1.54) is 12.7 Å². The summed E-state index contributed by atoms with van der Waals surface area (Å²) in [5, 5.41) is 0. The van der Waals surface area contributed by atoms with E-state index < -0.39 is 0 Å². The minimum absolute atomic E-state index is 0.0647. The molecule has 14 heavy (non-hydrogen) atoms. The Bertz CT molecular complexity index is 318. The van der Waals surface area contributed by atoms with Gasteiger partial charge in [-0.15, -0.1) is 0 Å². The molecule has 2 atom stereocenters. The number of carbonyl (C=O) groups is 1. The molecule has 2 rings (SSSR count). The number of carbonyl (C=O) groups excluding carboxylic acids is 1. The van der Waals surface area contributed by atoms with Crippen molar-refractivity contribution in [3.05, 3.63) is 35.9 Å². The summed E-state index contributed by atoms with van der Waals surface area (Å²) >= 11 is 0. The molecule has 0 radical (unpaired) electrons. The van der Waals surface area contributed by atoms with Crippen molar-refractivity contribution in [1.82, 2.24) is 0 Å². The van der Waals surface area contributed by atoms with Crippen LogP contribution in [0.2, 0.25) is 0 Å². The standard InChI is InChI=1S/C12H14O2/c1-14-12(13)11-8-7-10(11)9-5-3-2-4-6-9/h2-6,10-11H,7-8H2,1H3. The molecule has 2 unspecified atom stereocenters. The van der Waals surface area contributed by atoms with Gasteiger partial charge in [-0.3, -0.25) is 4.79 Å². The highest BCUT2D eigenvalue weighted by atomic mass is 16.5. The number of ether oxygens (including phenoxy) is 1. The van der Waals surface area contributed by atoms with Crippen molar-refractivity contribution in [2.75, 3.05) is 7.11 Å². The van der Waals surface area contributed by atoms with Crippen molar-refractivity contribution in [3.8, 4) is 0 Å². The molecule has 0 amide bonds. The number of methoxy groups -OCH3 is 1. The Morgan fingerprint density at radius 2 is 2.00 bits per heavy atom. The molecule has 2 heteroatoms. The maximum absolute atomic E-state index is 11.4. The third-order valence-electron chi connectivity index (χ3n) is 3.01. The van der Waals surface area contributed by atoms with Gasteiger partial charge in [-0.25, -0.2) is 0 Å². The lowest BCUT2D eigenvalue weighted by molar-refractivity contribution is -0.149. The van der Waals surface area contributed by atoms with Crippen LogP contribution in [-0.4, -0.2) is 13.1 Å². The van der Waals surface area contributed by atoms with E-state index in [-0.39, 0.29) is 11.9 Å². The highest BCUT2D eigenvalue weighted by molar-refractivity contribution is 5.74. The molecule has 1 fully saturated rings. The Balaban J connectivity index is 2.10. The second-order valence-corrected chi connectivity index (χ2v) is 3.72. The zero-order valence-electron chi connectivity index (χ0n) is 8.27. The first-order valence-electron chi connectivity index (χ1n) is 4.95. The summed E-state index contributed by atoms with van der Waals surface area (Å²) in [6.45, 7) is 0. The van der Waals surface area contributed by atoms with Gasteiger partial charge in [0, 0.05) is 0 Å². The molecule has 0 N–H and O–H groups in total. The van der Waals surface area contributed by atoms with Crippen LogP contribution in [0.4, 0.5) is 0 Å². The van der Waals surface area contributed by atoms with Gasteiger partial charge in [0.05, 0.1) is 13.0 Å². The molecule has 1 aliphatic rings. The molecule has 0 bridgehead atoms. The van der Waals surface area contributed by atoms with Crippen molar-refractivity contribution < 1.29 is 9.53 Å². The molecule has 0 heterocycles. The first kappa shape index (κ1) is 9.25.